The summed E-state index contributed by atoms with van der Waals surface area (Å²) in [6.45, 7) is 10.7. The van der Waals surface area contributed by atoms with E-state index < -0.39 is 6.10 Å². The smallest absolute Gasteiger partial charge is 0.260 e. The molecular weight excluding hydrogens is 280 g/mol. The van der Waals surface area contributed by atoms with Gasteiger partial charge in [-0.15, -0.1) is 0 Å². The van der Waals surface area contributed by atoms with Crippen molar-refractivity contribution in [3.63, 3.8) is 0 Å². The Kier molecular flexibility index (Phi) is 6.21. The average molecular weight is 306 g/mol. The van der Waals surface area contributed by atoms with Crippen molar-refractivity contribution in [2.75, 3.05) is 39.4 Å². The van der Waals surface area contributed by atoms with Gasteiger partial charge in [0.1, 0.15) is 5.75 Å². The highest BCUT2D eigenvalue weighted by molar-refractivity contribution is 5.80. The van der Waals surface area contributed by atoms with Crippen LogP contribution in [0, 0.1) is 13.8 Å². The predicted octanol–water partition coefficient (Wildman–Crippen LogP) is 1.52. The van der Waals surface area contributed by atoms with E-state index in [1.54, 1.807) is 6.92 Å². The van der Waals surface area contributed by atoms with E-state index >= 15 is 0 Å². The van der Waals surface area contributed by atoms with Crippen molar-refractivity contribution >= 4 is 5.91 Å². The number of amides is 1. The van der Waals surface area contributed by atoms with Gasteiger partial charge in [0.15, 0.2) is 6.10 Å². The summed E-state index contributed by atoms with van der Waals surface area (Å²) in [5, 5.41) is 2.94. The topological polar surface area (TPSA) is 50.8 Å². The molecule has 0 saturated carbocycles. The zero-order chi connectivity index (χ0) is 15.9. The zero-order valence-electron chi connectivity index (χ0n) is 13.7. The molecule has 2 rings (SSSR count). The van der Waals surface area contributed by atoms with Crippen LogP contribution >= 0.6 is 0 Å². The van der Waals surface area contributed by atoms with Crippen LogP contribution in [0.4, 0.5) is 0 Å². The Morgan fingerprint density at radius 2 is 2.09 bits per heavy atom. The number of nitrogens with one attached hydrogen (secondary N) is 1. The first-order valence-corrected chi connectivity index (χ1v) is 7.88. The maximum Gasteiger partial charge on any atom is 0.260 e. The van der Waals surface area contributed by atoms with Gasteiger partial charge in [0, 0.05) is 26.2 Å². The summed E-state index contributed by atoms with van der Waals surface area (Å²) in [5.41, 5.74) is 2.17. The van der Waals surface area contributed by atoms with E-state index in [9.17, 15) is 4.79 Å². The fourth-order valence-corrected chi connectivity index (χ4v) is 2.38. The Morgan fingerprint density at radius 3 is 2.82 bits per heavy atom. The minimum Gasteiger partial charge on any atom is -0.481 e. The van der Waals surface area contributed by atoms with Crippen LogP contribution in [0.25, 0.3) is 0 Å². The van der Waals surface area contributed by atoms with E-state index in [4.69, 9.17) is 9.47 Å². The molecule has 1 aliphatic rings. The van der Waals surface area contributed by atoms with Crippen LogP contribution in [0.2, 0.25) is 0 Å². The van der Waals surface area contributed by atoms with Gasteiger partial charge in [0.2, 0.25) is 0 Å². The van der Waals surface area contributed by atoms with Crippen molar-refractivity contribution < 1.29 is 14.3 Å². The van der Waals surface area contributed by atoms with Crippen molar-refractivity contribution in [1.29, 1.82) is 0 Å². The summed E-state index contributed by atoms with van der Waals surface area (Å²) >= 11 is 0. The molecule has 1 aromatic carbocycles. The number of carbonyl (C=O) groups is 1. The number of rotatable bonds is 6. The molecule has 1 aliphatic heterocycles. The first-order valence-electron chi connectivity index (χ1n) is 7.88. The summed E-state index contributed by atoms with van der Waals surface area (Å²) in [4.78, 5) is 14.4. The second kappa shape index (κ2) is 8.15. The molecule has 0 spiro atoms. The van der Waals surface area contributed by atoms with Crippen molar-refractivity contribution in [2.45, 2.75) is 26.9 Å². The molecule has 1 amide bonds. The molecule has 1 aromatic rings. The van der Waals surface area contributed by atoms with Crippen LogP contribution in [0.5, 0.6) is 5.75 Å². The SMILES string of the molecule is Cc1ccc(C)c(O[C@H](C)C(=O)NCCN2CCOCC2)c1. The zero-order valence-corrected chi connectivity index (χ0v) is 13.7. The number of aryl methyl sites for hydroxylation is 2. The van der Waals surface area contributed by atoms with Gasteiger partial charge in [-0.25, -0.2) is 0 Å². The molecule has 5 nitrogen and oxygen atoms in total. The summed E-state index contributed by atoms with van der Waals surface area (Å²) in [7, 11) is 0. The predicted molar refractivity (Wildman–Crippen MR) is 86.3 cm³/mol. The second-order valence-electron chi connectivity index (χ2n) is 5.77. The third-order valence-electron chi connectivity index (χ3n) is 3.85. The molecule has 1 atom stereocenters. The number of nitrogens with zero attached hydrogens (tertiary/aromatic N) is 1. The fraction of sp³-hybridized carbons (Fsp3) is 0.588. The molecule has 0 radical (unpaired) electrons. The molecule has 1 fully saturated rings. The summed E-state index contributed by atoms with van der Waals surface area (Å²) in [6, 6.07) is 6.01. The van der Waals surface area contributed by atoms with Crippen molar-refractivity contribution in [3.05, 3.63) is 29.3 Å². The van der Waals surface area contributed by atoms with Gasteiger partial charge < -0.3 is 14.8 Å². The van der Waals surface area contributed by atoms with Gasteiger partial charge >= 0.3 is 0 Å². The number of benzene rings is 1. The van der Waals surface area contributed by atoms with Gasteiger partial charge in [-0.05, 0) is 38.0 Å². The monoisotopic (exact) mass is 306 g/mol. The molecule has 1 heterocycles. The average Bonchev–Trinajstić information content (AvgIpc) is 2.52. The minimum absolute atomic E-state index is 0.0748. The van der Waals surface area contributed by atoms with E-state index in [0.717, 1.165) is 49.7 Å². The molecule has 1 saturated heterocycles. The fourth-order valence-electron chi connectivity index (χ4n) is 2.38. The first kappa shape index (κ1) is 16.8. The van der Waals surface area contributed by atoms with Crippen molar-refractivity contribution in [2.24, 2.45) is 0 Å². The molecule has 1 N–H and O–H groups in total. The van der Waals surface area contributed by atoms with E-state index in [1.165, 1.54) is 0 Å². The molecule has 5 heteroatoms. The van der Waals surface area contributed by atoms with Gasteiger partial charge in [-0.2, -0.15) is 0 Å². The minimum atomic E-state index is -0.495. The Bertz CT molecular complexity index is 499. The maximum atomic E-state index is 12.1. The summed E-state index contributed by atoms with van der Waals surface area (Å²) in [6.07, 6.45) is -0.495. The number of ether oxygens (including phenoxy) is 2. The lowest BCUT2D eigenvalue weighted by atomic mass is 10.1. The molecule has 122 valence electrons. The maximum absolute atomic E-state index is 12.1. The number of morpholine rings is 1. The lowest BCUT2D eigenvalue weighted by Crippen LogP contribution is -2.43. The normalized spacial score (nSPS) is 17.0. The molecular formula is C17H26N2O3. The lowest BCUT2D eigenvalue weighted by Gasteiger charge is -2.26. The van der Waals surface area contributed by atoms with E-state index in [1.807, 2.05) is 32.0 Å². The van der Waals surface area contributed by atoms with Crippen LogP contribution in [0.15, 0.2) is 18.2 Å². The molecule has 0 bridgehead atoms. The molecule has 0 unspecified atom stereocenters. The molecule has 0 aliphatic carbocycles. The lowest BCUT2D eigenvalue weighted by molar-refractivity contribution is -0.127. The van der Waals surface area contributed by atoms with Crippen LogP contribution < -0.4 is 10.1 Å². The quantitative estimate of drug-likeness (QED) is 0.866. The van der Waals surface area contributed by atoms with Gasteiger partial charge in [-0.3, -0.25) is 9.69 Å². The number of hydrogen-bond donors (Lipinski definition) is 1. The Morgan fingerprint density at radius 1 is 1.36 bits per heavy atom. The third-order valence-corrected chi connectivity index (χ3v) is 3.85. The van der Waals surface area contributed by atoms with E-state index in [2.05, 4.69) is 10.2 Å². The van der Waals surface area contributed by atoms with Crippen molar-refractivity contribution in [3.8, 4) is 5.75 Å². The van der Waals surface area contributed by atoms with E-state index in [0.29, 0.717) is 6.54 Å². The molecule has 22 heavy (non-hydrogen) atoms. The highest BCUT2D eigenvalue weighted by Gasteiger charge is 2.16. The van der Waals surface area contributed by atoms with E-state index in [-0.39, 0.29) is 5.91 Å². The van der Waals surface area contributed by atoms with Crippen LogP contribution in [-0.4, -0.2) is 56.3 Å². The largest absolute Gasteiger partial charge is 0.481 e. The second-order valence-corrected chi connectivity index (χ2v) is 5.77. The van der Waals surface area contributed by atoms with Gasteiger partial charge in [0.25, 0.3) is 5.91 Å². The Hall–Kier alpha value is -1.59. The number of hydrogen-bond acceptors (Lipinski definition) is 4. The summed E-state index contributed by atoms with van der Waals surface area (Å²) in [5.74, 6) is 0.699. The first-order chi connectivity index (χ1) is 10.6. The Labute approximate surface area is 132 Å². The third kappa shape index (κ3) is 5.00. The Balaban J connectivity index is 1.75. The van der Waals surface area contributed by atoms with Crippen molar-refractivity contribution in [1.82, 2.24) is 10.2 Å². The van der Waals surface area contributed by atoms with Crippen LogP contribution in [0.3, 0.4) is 0 Å². The molecule has 0 aromatic heterocycles. The van der Waals surface area contributed by atoms with Gasteiger partial charge in [0.05, 0.1) is 13.2 Å². The van der Waals surface area contributed by atoms with Crippen LogP contribution in [0.1, 0.15) is 18.1 Å². The highest BCUT2D eigenvalue weighted by atomic mass is 16.5. The standard InChI is InChI=1S/C17H26N2O3/c1-13-4-5-14(2)16(12-13)22-15(3)17(20)18-6-7-19-8-10-21-11-9-19/h4-5,12,15H,6-11H2,1-3H3,(H,18,20)/t15-/m1/s1. The van der Waals surface area contributed by atoms with Crippen LogP contribution in [-0.2, 0) is 9.53 Å². The summed E-state index contributed by atoms with van der Waals surface area (Å²) < 4.78 is 11.1. The highest BCUT2D eigenvalue weighted by Crippen LogP contribution is 2.20. The van der Waals surface area contributed by atoms with Gasteiger partial charge in [-0.1, -0.05) is 12.1 Å². The number of carbonyl (C=O) groups excluding carboxylic acids is 1.